The zero-order valence-corrected chi connectivity index (χ0v) is 11.2. The van der Waals surface area contributed by atoms with Gasteiger partial charge in [-0.05, 0) is 31.0 Å². The number of nitrogens with zero attached hydrogens (tertiary/aromatic N) is 2. The molecule has 1 atom stereocenters. The summed E-state index contributed by atoms with van der Waals surface area (Å²) in [6, 6.07) is 9.93. The highest BCUT2D eigenvalue weighted by molar-refractivity contribution is 5.92. The van der Waals surface area contributed by atoms with E-state index in [1.807, 2.05) is 30.3 Å². The molecule has 0 amide bonds. The Hall–Kier alpha value is -2.07. The lowest BCUT2D eigenvalue weighted by molar-refractivity contribution is 0.0954. The van der Waals surface area contributed by atoms with Crippen LogP contribution in [0.25, 0.3) is 11.1 Å². The van der Waals surface area contributed by atoms with E-state index in [1.165, 1.54) is 0 Å². The Bertz CT molecular complexity index is 574. The molecule has 1 aromatic heterocycles. The lowest BCUT2D eigenvalue weighted by Gasteiger charge is -2.06. The molecule has 1 fully saturated rings. The maximum absolute atomic E-state index is 12.1. The fourth-order valence-corrected chi connectivity index (χ4v) is 2.49. The molecule has 0 unspecified atom stereocenters. The maximum Gasteiger partial charge on any atom is 0.200 e. The van der Waals surface area contributed by atoms with Gasteiger partial charge in [0, 0.05) is 24.4 Å². The van der Waals surface area contributed by atoms with Crippen molar-refractivity contribution in [1.82, 2.24) is 15.3 Å². The van der Waals surface area contributed by atoms with E-state index in [1.54, 1.807) is 12.4 Å². The number of carbonyl (C=O) groups excluding carboxylic acids is 1. The van der Waals surface area contributed by atoms with Crippen LogP contribution in [0, 0.1) is 5.92 Å². The van der Waals surface area contributed by atoms with Gasteiger partial charge in [-0.3, -0.25) is 4.79 Å². The second-order valence-electron chi connectivity index (χ2n) is 5.15. The maximum atomic E-state index is 12.1. The largest absolute Gasteiger partial charge is 0.316 e. The molecule has 0 radical (unpaired) electrons. The van der Waals surface area contributed by atoms with Crippen molar-refractivity contribution in [2.24, 2.45) is 5.92 Å². The Kier molecular flexibility index (Phi) is 3.83. The number of benzene rings is 1. The smallest absolute Gasteiger partial charge is 0.200 e. The molecule has 20 heavy (non-hydrogen) atoms. The predicted molar refractivity (Wildman–Crippen MR) is 77.4 cm³/mol. The first kappa shape index (κ1) is 12.9. The highest BCUT2D eigenvalue weighted by Crippen LogP contribution is 2.18. The second-order valence-corrected chi connectivity index (χ2v) is 5.15. The normalized spacial score (nSPS) is 18.1. The molecule has 0 aliphatic carbocycles. The number of Topliss-reactive ketones (excluding diaryl/α,β-unsaturated/α-hetero) is 1. The molecule has 0 saturated carbocycles. The summed E-state index contributed by atoms with van der Waals surface area (Å²) in [5.74, 6) is 0.801. The molecular formula is C16H17N3O. The van der Waals surface area contributed by atoms with Crippen LogP contribution in [0.3, 0.4) is 0 Å². The molecule has 1 aromatic carbocycles. The molecule has 1 aliphatic rings. The lowest BCUT2D eigenvalue weighted by atomic mass is 10.0. The van der Waals surface area contributed by atoms with E-state index >= 15 is 0 Å². The summed E-state index contributed by atoms with van der Waals surface area (Å²) < 4.78 is 0. The number of hydrogen-bond acceptors (Lipinski definition) is 4. The van der Waals surface area contributed by atoms with Crippen LogP contribution in [-0.2, 0) is 0 Å². The predicted octanol–water partition coefficient (Wildman–Crippen LogP) is 2.33. The van der Waals surface area contributed by atoms with Crippen molar-refractivity contribution in [3.63, 3.8) is 0 Å². The summed E-state index contributed by atoms with van der Waals surface area (Å²) >= 11 is 0. The van der Waals surface area contributed by atoms with Crippen molar-refractivity contribution in [1.29, 1.82) is 0 Å². The number of hydrogen-bond donors (Lipinski definition) is 1. The van der Waals surface area contributed by atoms with Gasteiger partial charge < -0.3 is 5.32 Å². The van der Waals surface area contributed by atoms with Gasteiger partial charge >= 0.3 is 0 Å². The molecule has 102 valence electrons. The summed E-state index contributed by atoms with van der Waals surface area (Å²) in [6.07, 6.45) is 5.05. The number of carbonyl (C=O) groups is 1. The molecule has 2 heterocycles. The standard InChI is InChI=1S/C16H17N3O/c20-15(8-12-6-7-17-9-12)16-18-10-14(11-19-16)13-4-2-1-3-5-13/h1-5,10-12,17H,6-9H2/t12-/m0/s1. The quantitative estimate of drug-likeness (QED) is 0.864. The third-order valence-electron chi connectivity index (χ3n) is 3.64. The van der Waals surface area contributed by atoms with E-state index in [4.69, 9.17) is 0 Å². The molecule has 2 aromatic rings. The van der Waals surface area contributed by atoms with E-state index in [9.17, 15) is 4.79 Å². The summed E-state index contributed by atoms with van der Waals surface area (Å²) in [6.45, 7) is 1.93. The minimum absolute atomic E-state index is 0.0401. The van der Waals surface area contributed by atoms with Crippen molar-refractivity contribution in [2.75, 3.05) is 13.1 Å². The van der Waals surface area contributed by atoms with E-state index in [0.29, 0.717) is 18.2 Å². The van der Waals surface area contributed by atoms with Crippen LogP contribution in [0.15, 0.2) is 42.7 Å². The first-order valence-corrected chi connectivity index (χ1v) is 6.94. The zero-order valence-electron chi connectivity index (χ0n) is 11.2. The Balaban J connectivity index is 1.71. The topological polar surface area (TPSA) is 54.9 Å². The van der Waals surface area contributed by atoms with Gasteiger partial charge in [-0.25, -0.2) is 9.97 Å². The van der Waals surface area contributed by atoms with E-state index in [0.717, 1.165) is 30.6 Å². The molecule has 1 saturated heterocycles. The molecular weight excluding hydrogens is 250 g/mol. The number of nitrogens with one attached hydrogen (secondary N) is 1. The van der Waals surface area contributed by atoms with Gasteiger partial charge in [-0.2, -0.15) is 0 Å². The summed E-state index contributed by atoms with van der Waals surface area (Å²) in [5, 5.41) is 3.27. The van der Waals surface area contributed by atoms with Crippen molar-refractivity contribution >= 4 is 5.78 Å². The van der Waals surface area contributed by atoms with Gasteiger partial charge in [0.05, 0.1) is 0 Å². The van der Waals surface area contributed by atoms with E-state index < -0.39 is 0 Å². The molecule has 1 aliphatic heterocycles. The van der Waals surface area contributed by atoms with Gasteiger partial charge in [0.1, 0.15) is 0 Å². The minimum Gasteiger partial charge on any atom is -0.316 e. The highest BCUT2D eigenvalue weighted by Gasteiger charge is 2.20. The van der Waals surface area contributed by atoms with Crippen LogP contribution in [0.1, 0.15) is 23.5 Å². The van der Waals surface area contributed by atoms with Gasteiger partial charge in [-0.1, -0.05) is 30.3 Å². The molecule has 0 spiro atoms. The minimum atomic E-state index is 0.0401. The zero-order chi connectivity index (χ0) is 13.8. The molecule has 4 heteroatoms. The molecule has 1 N–H and O–H groups in total. The van der Waals surface area contributed by atoms with Crippen molar-refractivity contribution in [3.8, 4) is 11.1 Å². The number of rotatable bonds is 4. The third kappa shape index (κ3) is 2.91. The molecule has 4 nitrogen and oxygen atoms in total. The number of ketones is 1. The Morgan fingerprint density at radius 3 is 2.55 bits per heavy atom. The average Bonchev–Trinajstić information content (AvgIpc) is 3.01. The van der Waals surface area contributed by atoms with Gasteiger partial charge in [0.15, 0.2) is 11.6 Å². The van der Waals surface area contributed by atoms with Gasteiger partial charge in [0.2, 0.25) is 0 Å². The van der Waals surface area contributed by atoms with Crippen LogP contribution in [-0.4, -0.2) is 28.8 Å². The average molecular weight is 267 g/mol. The van der Waals surface area contributed by atoms with Crippen molar-refractivity contribution in [2.45, 2.75) is 12.8 Å². The summed E-state index contributed by atoms with van der Waals surface area (Å²) in [4.78, 5) is 20.5. The fourth-order valence-electron chi connectivity index (χ4n) is 2.49. The molecule has 0 bridgehead atoms. The number of aromatic nitrogens is 2. The van der Waals surface area contributed by atoms with Crippen LogP contribution in [0.2, 0.25) is 0 Å². The molecule has 3 rings (SSSR count). The summed E-state index contributed by atoms with van der Waals surface area (Å²) in [7, 11) is 0. The van der Waals surface area contributed by atoms with Crippen molar-refractivity contribution in [3.05, 3.63) is 48.5 Å². The Morgan fingerprint density at radius 2 is 1.90 bits per heavy atom. The first-order chi connectivity index (χ1) is 9.83. The lowest BCUT2D eigenvalue weighted by Crippen LogP contribution is -2.14. The van der Waals surface area contributed by atoms with Crippen LogP contribution in [0.5, 0.6) is 0 Å². The fraction of sp³-hybridized carbons (Fsp3) is 0.312. The third-order valence-corrected chi connectivity index (χ3v) is 3.64. The van der Waals surface area contributed by atoms with Crippen LogP contribution < -0.4 is 5.32 Å². The van der Waals surface area contributed by atoms with Gasteiger partial charge in [-0.15, -0.1) is 0 Å². The monoisotopic (exact) mass is 267 g/mol. The van der Waals surface area contributed by atoms with Crippen molar-refractivity contribution < 1.29 is 4.79 Å². The van der Waals surface area contributed by atoms with E-state index in [2.05, 4.69) is 15.3 Å². The van der Waals surface area contributed by atoms with Crippen LogP contribution in [0.4, 0.5) is 0 Å². The first-order valence-electron chi connectivity index (χ1n) is 6.94. The van der Waals surface area contributed by atoms with Crippen LogP contribution >= 0.6 is 0 Å². The SMILES string of the molecule is O=C(C[C@@H]1CCNC1)c1ncc(-c2ccccc2)cn1. The Morgan fingerprint density at radius 1 is 1.15 bits per heavy atom. The van der Waals surface area contributed by atoms with Gasteiger partial charge in [0.25, 0.3) is 0 Å². The second kappa shape index (κ2) is 5.92. The Labute approximate surface area is 118 Å². The summed E-state index contributed by atoms with van der Waals surface area (Å²) in [5.41, 5.74) is 2.00. The van der Waals surface area contributed by atoms with E-state index in [-0.39, 0.29) is 5.78 Å². The highest BCUT2D eigenvalue weighted by atomic mass is 16.1.